The molecule has 1 aliphatic rings. The second-order valence-corrected chi connectivity index (χ2v) is 6.37. The first-order valence-corrected chi connectivity index (χ1v) is 8.27. The molecule has 5 rings (SSSR count). The van der Waals surface area contributed by atoms with E-state index >= 15 is 0 Å². The topological polar surface area (TPSA) is 29.9 Å². The Hall–Kier alpha value is -2.78. The Morgan fingerprint density at radius 1 is 0.875 bits per heavy atom. The Morgan fingerprint density at radius 2 is 1.62 bits per heavy atom. The zero-order valence-electron chi connectivity index (χ0n) is 12.8. The maximum Gasteiger partial charge on any atom is 0.145 e. The van der Waals surface area contributed by atoms with Crippen molar-refractivity contribution in [1.29, 1.82) is 0 Å². The molecule has 0 radical (unpaired) electrons. The highest BCUT2D eigenvalue weighted by molar-refractivity contribution is 6.30. The Bertz CT molecular complexity index is 1050. The van der Waals surface area contributed by atoms with Gasteiger partial charge in [0, 0.05) is 16.3 Å². The molecule has 3 aromatic carbocycles. The summed E-state index contributed by atoms with van der Waals surface area (Å²) in [6.45, 7) is 0. The molecule has 116 valence electrons. The smallest absolute Gasteiger partial charge is 0.145 e. The quantitative estimate of drug-likeness (QED) is 0.511. The summed E-state index contributed by atoms with van der Waals surface area (Å²) in [6.07, 6.45) is -0.0143. The van der Waals surface area contributed by atoms with Crippen molar-refractivity contribution in [3.63, 3.8) is 0 Å². The molecule has 4 aromatic rings. The van der Waals surface area contributed by atoms with Crippen molar-refractivity contribution in [3.8, 4) is 11.4 Å². The number of imidazole rings is 1. The van der Waals surface area contributed by atoms with E-state index in [0.29, 0.717) is 0 Å². The van der Waals surface area contributed by atoms with Gasteiger partial charge in [-0.2, -0.15) is 0 Å². The number of anilines is 1. The molecule has 0 saturated heterocycles. The van der Waals surface area contributed by atoms with Crippen molar-refractivity contribution in [3.05, 3.63) is 83.4 Å². The van der Waals surface area contributed by atoms with Crippen LogP contribution in [0.15, 0.2) is 72.8 Å². The average Bonchev–Trinajstić information content (AvgIpc) is 3.02. The van der Waals surface area contributed by atoms with Gasteiger partial charge in [-0.1, -0.05) is 48.0 Å². The van der Waals surface area contributed by atoms with Crippen molar-refractivity contribution in [2.24, 2.45) is 0 Å². The Kier molecular flexibility index (Phi) is 2.91. The predicted octanol–water partition coefficient (Wildman–Crippen LogP) is 5.33. The Labute approximate surface area is 144 Å². The molecular formula is C20H14ClN3. The van der Waals surface area contributed by atoms with Gasteiger partial charge >= 0.3 is 0 Å². The van der Waals surface area contributed by atoms with E-state index in [1.165, 1.54) is 0 Å². The number of nitrogens with zero attached hydrogens (tertiary/aromatic N) is 2. The third-order valence-corrected chi connectivity index (χ3v) is 4.75. The molecule has 1 N–H and O–H groups in total. The fourth-order valence-corrected chi connectivity index (χ4v) is 3.52. The van der Waals surface area contributed by atoms with Crippen molar-refractivity contribution < 1.29 is 0 Å². The minimum atomic E-state index is -0.0143. The van der Waals surface area contributed by atoms with Gasteiger partial charge in [-0.3, -0.25) is 4.57 Å². The fourth-order valence-electron chi connectivity index (χ4n) is 3.39. The second-order valence-electron chi connectivity index (χ2n) is 5.94. The summed E-state index contributed by atoms with van der Waals surface area (Å²) in [4.78, 5) is 4.88. The molecule has 4 heteroatoms. The van der Waals surface area contributed by atoms with E-state index in [0.717, 1.165) is 38.7 Å². The number of hydrogen-bond acceptors (Lipinski definition) is 2. The summed E-state index contributed by atoms with van der Waals surface area (Å²) in [5.41, 5.74) is 5.50. The summed E-state index contributed by atoms with van der Waals surface area (Å²) in [7, 11) is 0. The normalized spacial score (nSPS) is 15.6. The molecule has 1 aromatic heterocycles. The fraction of sp³-hybridized carbons (Fsp3) is 0.0500. The van der Waals surface area contributed by atoms with Crippen molar-refractivity contribution >= 4 is 28.3 Å². The molecule has 0 fully saturated rings. The number of benzene rings is 3. The molecule has 3 nitrogen and oxygen atoms in total. The van der Waals surface area contributed by atoms with Crippen LogP contribution in [-0.2, 0) is 0 Å². The lowest BCUT2D eigenvalue weighted by molar-refractivity contribution is 0.669. The monoisotopic (exact) mass is 331 g/mol. The van der Waals surface area contributed by atoms with Gasteiger partial charge in [-0.25, -0.2) is 4.98 Å². The van der Waals surface area contributed by atoms with Gasteiger partial charge in [0.25, 0.3) is 0 Å². The van der Waals surface area contributed by atoms with Gasteiger partial charge < -0.3 is 5.32 Å². The van der Waals surface area contributed by atoms with Crippen LogP contribution < -0.4 is 5.32 Å². The number of rotatable bonds is 1. The summed E-state index contributed by atoms with van der Waals surface area (Å²) in [5, 5.41) is 4.39. The van der Waals surface area contributed by atoms with Crippen molar-refractivity contribution in [1.82, 2.24) is 9.55 Å². The largest absolute Gasteiger partial charge is 0.361 e. The highest BCUT2D eigenvalue weighted by Gasteiger charge is 2.27. The molecule has 0 aliphatic carbocycles. The van der Waals surface area contributed by atoms with E-state index < -0.39 is 0 Å². The van der Waals surface area contributed by atoms with Crippen LogP contribution in [0.25, 0.3) is 22.4 Å². The van der Waals surface area contributed by atoms with E-state index in [4.69, 9.17) is 16.6 Å². The first-order valence-electron chi connectivity index (χ1n) is 7.90. The zero-order valence-corrected chi connectivity index (χ0v) is 13.5. The van der Waals surface area contributed by atoms with Gasteiger partial charge in [-0.05, 0) is 42.0 Å². The molecule has 0 amide bonds. The number of halogens is 1. The number of fused-ring (bicyclic) bond motifs is 5. The third-order valence-electron chi connectivity index (χ3n) is 4.50. The first kappa shape index (κ1) is 13.6. The number of aromatic nitrogens is 2. The summed E-state index contributed by atoms with van der Waals surface area (Å²) < 4.78 is 2.26. The van der Waals surface area contributed by atoms with E-state index in [-0.39, 0.29) is 6.17 Å². The number of para-hydroxylation sites is 3. The molecule has 1 atom stereocenters. The summed E-state index contributed by atoms with van der Waals surface area (Å²) in [5.74, 6) is 0.991. The Balaban J connectivity index is 1.81. The van der Waals surface area contributed by atoms with Crippen molar-refractivity contribution in [2.75, 3.05) is 5.32 Å². The second kappa shape index (κ2) is 5.11. The van der Waals surface area contributed by atoms with Gasteiger partial charge in [0.05, 0.1) is 11.0 Å². The van der Waals surface area contributed by atoms with Crippen LogP contribution in [0, 0.1) is 0 Å². The molecule has 0 saturated carbocycles. The van der Waals surface area contributed by atoms with Gasteiger partial charge in [-0.15, -0.1) is 0 Å². The van der Waals surface area contributed by atoms with Crippen LogP contribution in [-0.4, -0.2) is 9.55 Å². The molecule has 0 bridgehead atoms. The van der Waals surface area contributed by atoms with Crippen LogP contribution in [0.5, 0.6) is 0 Å². The van der Waals surface area contributed by atoms with Crippen LogP contribution in [0.2, 0.25) is 5.02 Å². The van der Waals surface area contributed by atoms with Crippen LogP contribution >= 0.6 is 11.6 Å². The van der Waals surface area contributed by atoms with Gasteiger partial charge in [0.15, 0.2) is 0 Å². The summed E-state index contributed by atoms with van der Waals surface area (Å²) in [6, 6.07) is 24.5. The highest BCUT2D eigenvalue weighted by atomic mass is 35.5. The predicted molar refractivity (Wildman–Crippen MR) is 98.4 cm³/mol. The van der Waals surface area contributed by atoms with Gasteiger partial charge in [0.2, 0.25) is 0 Å². The molecule has 1 aliphatic heterocycles. The van der Waals surface area contributed by atoms with E-state index in [1.54, 1.807) is 0 Å². The summed E-state index contributed by atoms with van der Waals surface area (Å²) >= 11 is 6.07. The van der Waals surface area contributed by atoms with Crippen LogP contribution in [0.3, 0.4) is 0 Å². The maximum atomic E-state index is 6.07. The van der Waals surface area contributed by atoms with Crippen LogP contribution in [0.4, 0.5) is 5.69 Å². The lowest BCUT2D eigenvalue weighted by Crippen LogP contribution is -2.24. The van der Waals surface area contributed by atoms with Crippen LogP contribution in [0.1, 0.15) is 11.7 Å². The molecular weight excluding hydrogens is 318 g/mol. The molecule has 0 unspecified atom stereocenters. The van der Waals surface area contributed by atoms with E-state index in [9.17, 15) is 0 Å². The van der Waals surface area contributed by atoms with E-state index in [1.807, 2.05) is 30.3 Å². The lowest BCUT2D eigenvalue weighted by atomic mass is 10.1. The SMILES string of the molecule is Clc1ccc([C@@H]2Nc3ccccc3-c3nc4ccccc4n32)cc1. The minimum absolute atomic E-state index is 0.0143. The molecule has 0 spiro atoms. The molecule has 2 heterocycles. The van der Waals surface area contributed by atoms with Crippen molar-refractivity contribution in [2.45, 2.75) is 6.17 Å². The first-order chi connectivity index (χ1) is 11.8. The minimum Gasteiger partial charge on any atom is -0.361 e. The zero-order chi connectivity index (χ0) is 16.1. The molecule has 24 heavy (non-hydrogen) atoms. The third kappa shape index (κ3) is 1.95. The Morgan fingerprint density at radius 3 is 2.50 bits per heavy atom. The van der Waals surface area contributed by atoms with E-state index in [2.05, 4.69) is 52.3 Å². The number of hydrogen-bond donors (Lipinski definition) is 1. The maximum absolute atomic E-state index is 6.07. The average molecular weight is 332 g/mol. The standard InChI is InChI=1S/C20H14ClN3/c21-14-11-9-13(10-12-14)19-22-16-6-2-1-5-15(16)20-23-17-7-3-4-8-18(17)24(19)20/h1-12,19,22H/t19-/m1/s1. The van der Waals surface area contributed by atoms with Gasteiger partial charge in [0.1, 0.15) is 12.0 Å². The lowest BCUT2D eigenvalue weighted by Gasteiger charge is -2.30. The number of nitrogens with one attached hydrogen (secondary N) is 1. The highest BCUT2D eigenvalue weighted by Crippen LogP contribution is 2.40.